The van der Waals surface area contributed by atoms with Crippen LogP contribution in [0.3, 0.4) is 0 Å². The van der Waals surface area contributed by atoms with Crippen molar-refractivity contribution in [3.63, 3.8) is 0 Å². The molecule has 0 saturated carbocycles. The lowest BCUT2D eigenvalue weighted by atomic mass is 10.2. The third-order valence-corrected chi connectivity index (χ3v) is 3.83. The molecule has 3 rings (SSSR count). The summed E-state index contributed by atoms with van der Waals surface area (Å²) < 4.78 is 26.1. The minimum absolute atomic E-state index is 0.241. The first-order valence-electron chi connectivity index (χ1n) is 7.44. The normalized spacial score (nSPS) is 14.7. The van der Waals surface area contributed by atoms with Gasteiger partial charge in [-0.25, -0.2) is 13.6 Å². The van der Waals surface area contributed by atoms with Crippen LogP contribution in [0.2, 0.25) is 0 Å². The molecule has 0 bridgehead atoms. The summed E-state index contributed by atoms with van der Waals surface area (Å²) >= 11 is 0. The van der Waals surface area contributed by atoms with Gasteiger partial charge in [0.2, 0.25) is 0 Å². The zero-order chi connectivity index (χ0) is 16.2. The maximum Gasteiger partial charge on any atom is 0.321 e. The average molecular weight is 317 g/mol. The Kier molecular flexibility index (Phi) is 4.41. The van der Waals surface area contributed by atoms with E-state index in [1.54, 1.807) is 29.2 Å². The molecule has 0 aromatic heterocycles. The summed E-state index contributed by atoms with van der Waals surface area (Å²) in [6, 6.07) is 11.9. The predicted molar refractivity (Wildman–Crippen MR) is 85.6 cm³/mol. The summed E-state index contributed by atoms with van der Waals surface area (Å²) in [5, 5.41) is 2.69. The summed E-state index contributed by atoms with van der Waals surface area (Å²) in [7, 11) is 0. The van der Waals surface area contributed by atoms with Crippen molar-refractivity contribution in [1.29, 1.82) is 0 Å². The van der Waals surface area contributed by atoms with E-state index in [4.69, 9.17) is 0 Å². The van der Waals surface area contributed by atoms with Crippen LogP contribution in [0.15, 0.2) is 48.5 Å². The highest BCUT2D eigenvalue weighted by Gasteiger charge is 2.21. The summed E-state index contributed by atoms with van der Waals surface area (Å²) in [5.41, 5.74) is 1.38. The number of hydrogen-bond donors (Lipinski definition) is 1. The van der Waals surface area contributed by atoms with E-state index in [1.807, 2.05) is 0 Å². The molecule has 2 aromatic carbocycles. The first kappa shape index (κ1) is 15.3. The molecule has 120 valence electrons. The van der Waals surface area contributed by atoms with E-state index in [0.29, 0.717) is 31.9 Å². The molecule has 0 atom stereocenters. The number of amides is 2. The standard InChI is InChI=1S/C17H17F2N3O/c18-13-4-6-16(7-5-13)21-8-10-22(11-9-21)17(23)20-15-3-1-2-14(19)12-15/h1-7,12H,8-11H2,(H,20,23). The van der Waals surface area contributed by atoms with E-state index in [1.165, 1.54) is 24.3 Å². The van der Waals surface area contributed by atoms with Crippen LogP contribution in [-0.4, -0.2) is 37.1 Å². The Labute approximate surface area is 133 Å². The average Bonchev–Trinajstić information content (AvgIpc) is 2.56. The second-order valence-corrected chi connectivity index (χ2v) is 5.39. The smallest absolute Gasteiger partial charge is 0.321 e. The Bertz CT molecular complexity index is 682. The highest BCUT2D eigenvalue weighted by atomic mass is 19.1. The fraction of sp³-hybridized carbons (Fsp3) is 0.235. The second kappa shape index (κ2) is 6.64. The lowest BCUT2D eigenvalue weighted by Crippen LogP contribution is -2.50. The van der Waals surface area contributed by atoms with Gasteiger partial charge in [-0.05, 0) is 42.5 Å². The van der Waals surface area contributed by atoms with Gasteiger partial charge in [-0.15, -0.1) is 0 Å². The van der Waals surface area contributed by atoms with Gasteiger partial charge in [-0.2, -0.15) is 0 Å². The molecule has 0 unspecified atom stereocenters. The van der Waals surface area contributed by atoms with Crippen molar-refractivity contribution in [2.45, 2.75) is 0 Å². The molecule has 0 radical (unpaired) electrons. The third kappa shape index (κ3) is 3.77. The van der Waals surface area contributed by atoms with Gasteiger partial charge in [0.05, 0.1) is 0 Å². The first-order chi connectivity index (χ1) is 11.1. The summed E-state index contributed by atoms with van der Waals surface area (Å²) in [6.07, 6.45) is 0. The zero-order valence-corrected chi connectivity index (χ0v) is 12.5. The Balaban J connectivity index is 1.56. The summed E-state index contributed by atoms with van der Waals surface area (Å²) in [4.78, 5) is 16.0. The van der Waals surface area contributed by atoms with Crippen LogP contribution in [-0.2, 0) is 0 Å². The van der Waals surface area contributed by atoms with Gasteiger partial charge in [-0.3, -0.25) is 0 Å². The van der Waals surface area contributed by atoms with E-state index in [9.17, 15) is 13.6 Å². The number of carbonyl (C=O) groups is 1. The molecule has 1 heterocycles. The molecule has 2 aromatic rings. The molecule has 1 aliphatic heterocycles. The van der Waals surface area contributed by atoms with Crippen molar-refractivity contribution in [2.24, 2.45) is 0 Å². The number of halogens is 2. The fourth-order valence-electron chi connectivity index (χ4n) is 2.59. The second-order valence-electron chi connectivity index (χ2n) is 5.39. The third-order valence-electron chi connectivity index (χ3n) is 3.83. The zero-order valence-electron chi connectivity index (χ0n) is 12.5. The lowest BCUT2D eigenvalue weighted by molar-refractivity contribution is 0.208. The topological polar surface area (TPSA) is 35.6 Å². The minimum atomic E-state index is -0.385. The van der Waals surface area contributed by atoms with Crippen molar-refractivity contribution in [3.8, 4) is 0 Å². The lowest BCUT2D eigenvalue weighted by Gasteiger charge is -2.36. The minimum Gasteiger partial charge on any atom is -0.368 e. The van der Waals surface area contributed by atoms with Crippen molar-refractivity contribution in [1.82, 2.24) is 4.90 Å². The van der Waals surface area contributed by atoms with E-state index in [2.05, 4.69) is 10.2 Å². The molecule has 0 aliphatic carbocycles. The molecule has 4 nitrogen and oxygen atoms in total. The molecule has 1 N–H and O–H groups in total. The van der Waals surface area contributed by atoms with Crippen molar-refractivity contribution >= 4 is 17.4 Å². The van der Waals surface area contributed by atoms with Crippen molar-refractivity contribution in [3.05, 3.63) is 60.2 Å². The maximum absolute atomic E-state index is 13.1. The number of hydrogen-bond acceptors (Lipinski definition) is 2. The SMILES string of the molecule is O=C(Nc1cccc(F)c1)N1CCN(c2ccc(F)cc2)CC1. The van der Waals surface area contributed by atoms with Crippen LogP contribution in [0.1, 0.15) is 0 Å². The van der Waals surface area contributed by atoms with E-state index < -0.39 is 0 Å². The maximum atomic E-state index is 13.1. The quantitative estimate of drug-likeness (QED) is 0.922. The Hall–Kier alpha value is -2.63. The predicted octanol–water partition coefficient (Wildman–Crippen LogP) is 3.32. The monoisotopic (exact) mass is 317 g/mol. The fourth-order valence-corrected chi connectivity index (χ4v) is 2.59. The number of anilines is 2. The molecule has 1 fully saturated rings. The van der Waals surface area contributed by atoms with Crippen LogP contribution in [0.5, 0.6) is 0 Å². The first-order valence-corrected chi connectivity index (χ1v) is 7.44. The van der Waals surface area contributed by atoms with Gasteiger partial charge in [0.1, 0.15) is 11.6 Å². The van der Waals surface area contributed by atoms with Crippen LogP contribution in [0.25, 0.3) is 0 Å². The molecular formula is C17H17F2N3O. The molecule has 1 saturated heterocycles. The number of carbonyl (C=O) groups excluding carboxylic acids is 1. The molecule has 6 heteroatoms. The number of rotatable bonds is 2. The molecule has 23 heavy (non-hydrogen) atoms. The van der Waals surface area contributed by atoms with Gasteiger partial charge >= 0.3 is 6.03 Å². The van der Waals surface area contributed by atoms with Crippen LogP contribution < -0.4 is 10.2 Å². The number of nitrogens with zero attached hydrogens (tertiary/aromatic N) is 2. The summed E-state index contributed by atoms with van der Waals surface area (Å²) in [6.45, 7) is 2.45. The van der Waals surface area contributed by atoms with E-state index >= 15 is 0 Å². The largest absolute Gasteiger partial charge is 0.368 e. The summed E-state index contributed by atoms with van der Waals surface area (Å²) in [5.74, 6) is -0.647. The Morgan fingerprint density at radius 2 is 1.61 bits per heavy atom. The number of nitrogens with one attached hydrogen (secondary N) is 1. The van der Waals surface area contributed by atoms with Gasteiger partial charge < -0.3 is 15.1 Å². The highest BCUT2D eigenvalue weighted by molar-refractivity contribution is 5.89. The van der Waals surface area contributed by atoms with Gasteiger partial charge in [0, 0.05) is 37.6 Å². The van der Waals surface area contributed by atoms with Crippen molar-refractivity contribution < 1.29 is 13.6 Å². The highest BCUT2D eigenvalue weighted by Crippen LogP contribution is 2.17. The van der Waals surface area contributed by atoms with E-state index in [0.717, 1.165) is 5.69 Å². The molecular weight excluding hydrogens is 300 g/mol. The Morgan fingerprint density at radius 3 is 2.26 bits per heavy atom. The molecule has 2 amide bonds. The van der Waals surface area contributed by atoms with Crippen LogP contribution in [0, 0.1) is 11.6 Å². The van der Waals surface area contributed by atoms with Gasteiger partial charge in [0.25, 0.3) is 0 Å². The molecule has 0 spiro atoms. The van der Waals surface area contributed by atoms with E-state index in [-0.39, 0.29) is 17.7 Å². The molecule has 1 aliphatic rings. The van der Waals surface area contributed by atoms with Crippen LogP contribution in [0.4, 0.5) is 25.0 Å². The Morgan fingerprint density at radius 1 is 0.913 bits per heavy atom. The number of urea groups is 1. The van der Waals surface area contributed by atoms with Crippen molar-refractivity contribution in [2.75, 3.05) is 36.4 Å². The number of piperazine rings is 1. The van der Waals surface area contributed by atoms with Gasteiger partial charge in [-0.1, -0.05) is 6.07 Å². The number of benzene rings is 2. The van der Waals surface area contributed by atoms with Crippen LogP contribution >= 0.6 is 0 Å². The van der Waals surface area contributed by atoms with Gasteiger partial charge in [0.15, 0.2) is 0 Å².